The Balaban J connectivity index is 1.86. The third-order valence-electron chi connectivity index (χ3n) is 4.71. The number of phenolic OH excluding ortho intramolecular Hbond substituents is 1. The lowest BCUT2D eigenvalue weighted by Crippen LogP contribution is -2.06. The van der Waals surface area contributed by atoms with Crippen LogP contribution in [0.15, 0.2) is 28.7 Å². The molecule has 142 valence electrons. The molecule has 0 aliphatic rings. The average Bonchev–Trinajstić information content (AvgIpc) is 3.00. The molecule has 1 heterocycles. The van der Waals surface area contributed by atoms with Gasteiger partial charge in [-0.3, -0.25) is 4.79 Å². The molecule has 0 spiro atoms. The zero-order valence-corrected chi connectivity index (χ0v) is 15.8. The second kappa shape index (κ2) is 7.39. The number of oxazole rings is 1. The number of ketones is 1. The Labute approximate surface area is 156 Å². The molecule has 1 N–H and O–H groups in total. The summed E-state index contributed by atoms with van der Waals surface area (Å²) in [5, 5.41) is 10.6. The van der Waals surface area contributed by atoms with Crippen LogP contribution in [0.25, 0.3) is 11.1 Å². The number of aryl methyl sites for hydroxylation is 2. The van der Waals surface area contributed by atoms with Crippen molar-refractivity contribution in [2.75, 3.05) is 6.61 Å². The number of benzene rings is 2. The molecule has 0 aliphatic heterocycles. The van der Waals surface area contributed by atoms with Crippen LogP contribution in [0.5, 0.6) is 11.5 Å². The van der Waals surface area contributed by atoms with Crippen LogP contribution in [-0.4, -0.2) is 22.5 Å². The first-order valence-electron chi connectivity index (χ1n) is 8.81. The molecule has 0 aliphatic carbocycles. The van der Waals surface area contributed by atoms with E-state index in [1.807, 2.05) is 6.92 Å². The number of carbonyl (C=O) groups is 1. The van der Waals surface area contributed by atoms with Crippen molar-refractivity contribution in [1.29, 1.82) is 0 Å². The van der Waals surface area contributed by atoms with Gasteiger partial charge in [-0.2, -0.15) is 0 Å². The number of halogens is 1. The van der Waals surface area contributed by atoms with E-state index >= 15 is 0 Å². The summed E-state index contributed by atoms with van der Waals surface area (Å²) in [6, 6.07) is 6.35. The highest BCUT2D eigenvalue weighted by molar-refractivity contribution is 6.04. The fraction of sp³-hybridized carbons (Fsp3) is 0.333. The monoisotopic (exact) mass is 371 g/mol. The number of ether oxygens (including phenoxy) is 1. The molecule has 2 aromatic carbocycles. The number of carbonyl (C=O) groups excluding carboxylic acids is 1. The minimum atomic E-state index is -0.272. The van der Waals surface area contributed by atoms with E-state index in [1.54, 1.807) is 26.0 Å². The molecule has 1 aromatic heterocycles. The number of hydrogen-bond acceptors (Lipinski definition) is 5. The fourth-order valence-corrected chi connectivity index (χ4v) is 3.21. The largest absolute Gasteiger partial charge is 0.504 e. The van der Waals surface area contributed by atoms with Crippen molar-refractivity contribution in [2.24, 2.45) is 0 Å². The number of phenols is 1. The molecule has 0 amide bonds. The summed E-state index contributed by atoms with van der Waals surface area (Å²) in [5.41, 5.74) is 2.61. The zero-order chi connectivity index (χ0) is 19.7. The van der Waals surface area contributed by atoms with Gasteiger partial charge in [-0.15, -0.1) is 0 Å². The zero-order valence-electron chi connectivity index (χ0n) is 15.8. The average molecular weight is 371 g/mol. The van der Waals surface area contributed by atoms with Crippen molar-refractivity contribution in [3.63, 3.8) is 0 Å². The van der Waals surface area contributed by atoms with Crippen LogP contribution in [0.1, 0.15) is 53.6 Å². The highest BCUT2D eigenvalue weighted by atomic mass is 19.1. The van der Waals surface area contributed by atoms with E-state index in [1.165, 1.54) is 19.1 Å². The Hall–Kier alpha value is -2.89. The van der Waals surface area contributed by atoms with Gasteiger partial charge < -0.3 is 14.3 Å². The van der Waals surface area contributed by atoms with Gasteiger partial charge in [0.1, 0.15) is 11.3 Å². The number of aromatic hydroxyl groups is 1. The molecule has 1 atom stereocenters. The summed E-state index contributed by atoms with van der Waals surface area (Å²) in [7, 11) is 0. The number of fused-ring (bicyclic) bond motifs is 1. The van der Waals surface area contributed by atoms with Gasteiger partial charge in [0, 0.05) is 6.92 Å². The predicted octanol–water partition coefficient (Wildman–Crippen LogP) is 5.06. The second-order valence-electron chi connectivity index (χ2n) is 6.73. The molecule has 3 rings (SSSR count). The van der Waals surface area contributed by atoms with Crippen molar-refractivity contribution in [1.82, 2.24) is 4.98 Å². The van der Waals surface area contributed by atoms with Crippen molar-refractivity contribution >= 4 is 16.9 Å². The molecular weight excluding hydrogens is 349 g/mol. The van der Waals surface area contributed by atoms with Crippen molar-refractivity contribution in [2.45, 2.75) is 40.0 Å². The predicted molar refractivity (Wildman–Crippen MR) is 100 cm³/mol. The maximum absolute atomic E-state index is 13.1. The molecule has 0 bridgehead atoms. The van der Waals surface area contributed by atoms with Crippen LogP contribution in [0.4, 0.5) is 4.39 Å². The van der Waals surface area contributed by atoms with Crippen LogP contribution < -0.4 is 4.74 Å². The molecule has 6 heteroatoms. The number of aromatic nitrogens is 1. The van der Waals surface area contributed by atoms with Gasteiger partial charge >= 0.3 is 0 Å². The van der Waals surface area contributed by atoms with E-state index in [0.29, 0.717) is 35.6 Å². The highest BCUT2D eigenvalue weighted by Crippen LogP contribution is 2.41. The number of Topliss-reactive ketones (excluding diaryl/α,β-unsaturated/α-hetero) is 1. The fourth-order valence-electron chi connectivity index (χ4n) is 3.21. The molecular formula is C21H22FNO4. The normalized spacial score (nSPS) is 12.3. The van der Waals surface area contributed by atoms with E-state index in [4.69, 9.17) is 9.15 Å². The first-order valence-corrected chi connectivity index (χ1v) is 8.81. The molecule has 0 fully saturated rings. The van der Waals surface area contributed by atoms with Gasteiger partial charge in [-0.05, 0) is 49.4 Å². The van der Waals surface area contributed by atoms with Gasteiger partial charge in [-0.25, -0.2) is 9.37 Å². The summed E-state index contributed by atoms with van der Waals surface area (Å²) in [4.78, 5) is 16.3. The second-order valence-corrected chi connectivity index (χ2v) is 6.73. The van der Waals surface area contributed by atoms with Gasteiger partial charge in [0.15, 0.2) is 17.4 Å². The summed E-state index contributed by atoms with van der Waals surface area (Å²) in [5.74, 6) is -0.0651. The van der Waals surface area contributed by atoms with Crippen LogP contribution in [0.2, 0.25) is 0 Å². The lowest BCUT2D eigenvalue weighted by atomic mass is 9.98. The highest BCUT2D eigenvalue weighted by Gasteiger charge is 2.24. The molecule has 0 saturated carbocycles. The number of nitrogens with zero attached hydrogens (tertiary/aromatic N) is 1. The summed E-state index contributed by atoms with van der Waals surface area (Å²) < 4.78 is 24.5. The Bertz CT molecular complexity index is 992. The topological polar surface area (TPSA) is 72.6 Å². The Morgan fingerprint density at radius 1 is 1.30 bits per heavy atom. The van der Waals surface area contributed by atoms with E-state index in [0.717, 1.165) is 5.56 Å². The van der Waals surface area contributed by atoms with Crippen molar-refractivity contribution in [3.8, 4) is 11.5 Å². The minimum absolute atomic E-state index is 0.132. The van der Waals surface area contributed by atoms with E-state index < -0.39 is 0 Å². The Morgan fingerprint density at radius 3 is 2.59 bits per heavy atom. The van der Waals surface area contributed by atoms with Gasteiger partial charge in [0.25, 0.3) is 0 Å². The third-order valence-corrected chi connectivity index (χ3v) is 4.71. The third kappa shape index (κ3) is 3.65. The smallest absolute Gasteiger partial charge is 0.207 e. The van der Waals surface area contributed by atoms with Crippen molar-refractivity contribution < 1.29 is 23.4 Å². The van der Waals surface area contributed by atoms with Crippen LogP contribution in [0, 0.1) is 19.7 Å². The molecule has 3 aromatic rings. The summed E-state index contributed by atoms with van der Waals surface area (Å²) in [6.45, 7) is 7.12. The van der Waals surface area contributed by atoms with E-state index in [-0.39, 0.29) is 34.6 Å². The molecule has 5 nitrogen and oxygen atoms in total. The molecule has 0 radical (unpaired) electrons. The van der Waals surface area contributed by atoms with E-state index in [9.17, 15) is 14.3 Å². The maximum Gasteiger partial charge on any atom is 0.207 e. The summed E-state index contributed by atoms with van der Waals surface area (Å²) in [6.07, 6.45) is 0.642. The molecule has 0 saturated heterocycles. The van der Waals surface area contributed by atoms with Crippen molar-refractivity contribution in [3.05, 3.63) is 52.7 Å². The van der Waals surface area contributed by atoms with E-state index in [2.05, 4.69) is 4.98 Å². The van der Waals surface area contributed by atoms with Gasteiger partial charge in [0.2, 0.25) is 11.3 Å². The van der Waals surface area contributed by atoms with Gasteiger partial charge in [0.05, 0.1) is 12.2 Å². The lowest BCUT2D eigenvalue weighted by molar-refractivity contribution is 0.101. The minimum Gasteiger partial charge on any atom is -0.504 e. The first-order chi connectivity index (χ1) is 12.8. The maximum atomic E-state index is 13.1. The molecule has 27 heavy (non-hydrogen) atoms. The van der Waals surface area contributed by atoms with Gasteiger partial charge in [-0.1, -0.05) is 19.1 Å². The Morgan fingerprint density at radius 2 is 1.96 bits per heavy atom. The quantitative estimate of drug-likeness (QED) is 0.613. The lowest BCUT2D eigenvalue weighted by Gasteiger charge is -2.15. The summed E-state index contributed by atoms with van der Waals surface area (Å²) >= 11 is 0. The molecule has 1 unspecified atom stereocenters. The standard InChI is InChI=1S/C21H22FNO4/c1-11(15-5-7-16(22)8-6-15)9-10-26-21-19(25)17(13(3)24)12(2)18-20(21)27-14(4)23-18/h5-8,11,25H,9-10H2,1-4H3. The van der Waals surface area contributed by atoms with Crippen LogP contribution in [0.3, 0.4) is 0 Å². The number of rotatable bonds is 6. The van der Waals surface area contributed by atoms with Crippen LogP contribution in [-0.2, 0) is 0 Å². The Kier molecular flexibility index (Phi) is 5.17. The first kappa shape index (κ1) is 18.9. The number of hydrogen-bond donors (Lipinski definition) is 1. The SMILES string of the molecule is CC(=O)c1c(O)c(OCCC(C)c2ccc(F)cc2)c2oc(C)nc2c1C. The van der Waals surface area contributed by atoms with Crippen LogP contribution >= 0.6 is 0 Å².